The number of carbonyl (C=O) groups excluding carboxylic acids is 1. The van der Waals surface area contributed by atoms with Gasteiger partial charge in [0, 0.05) is 31.6 Å². The van der Waals surface area contributed by atoms with Crippen LogP contribution in [0.3, 0.4) is 0 Å². The van der Waals surface area contributed by atoms with Crippen molar-refractivity contribution in [2.24, 2.45) is 0 Å². The third-order valence-corrected chi connectivity index (χ3v) is 7.85. The highest BCUT2D eigenvalue weighted by Gasteiger charge is 2.36. The maximum absolute atomic E-state index is 13.3. The standard InChI is InChI=1S/C21H24ClFN2O3S/c1-25(2)29(27,28)19-13-15(5-10-18(19)22)20(26)24-14-21(11-3-4-12-21)16-6-8-17(23)9-7-16/h5-10,13H,3-4,11-12,14H2,1-2H3,(H,24,26). The van der Waals surface area contributed by atoms with Gasteiger partial charge in [-0.1, -0.05) is 36.6 Å². The Kier molecular flexibility index (Phi) is 6.31. The molecule has 1 fully saturated rings. The number of nitrogens with one attached hydrogen (secondary N) is 1. The summed E-state index contributed by atoms with van der Waals surface area (Å²) in [6.45, 7) is 0.399. The van der Waals surface area contributed by atoms with Crippen LogP contribution in [0, 0.1) is 5.82 Å². The quantitative estimate of drug-likeness (QED) is 0.742. The van der Waals surface area contributed by atoms with Gasteiger partial charge in [0.15, 0.2) is 0 Å². The fraction of sp³-hybridized carbons (Fsp3) is 0.381. The zero-order valence-electron chi connectivity index (χ0n) is 16.4. The lowest BCUT2D eigenvalue weighted by molar-refractivity contribution is 0.0943. The topological polar surface area (TPSA) is 66.5 Å². The minimum Gasteiger partial charge on any atom is -0.351 e. The van der Waals surface area contributed by atoms with Crippen LogP contribution in [-0.4, -0.2) is 39.3 Å². The van der Waals surface area contributed by atoms with Gasteiger partial charge in [0.05, 0.1) is 5.02 Å². The van der Waals surface area contributed by atoms with Gasteiger partial charge in [-0.2, -0.15) is 0 Å². The number of benzene rings is 2. The Balaban J connectivity index is 1.82. The molecule has 2 aromatic rings. The Labute approximate surface area is 175 Å². The molecule has 1 aliphatic carbocycles. The van der Waals surface area contributed by atoms with Crippen LogP contribution >= 0.6 is 11.6 Å². The number of amides is 1. The lowest BCUT2D eigenvalue weighted by Crippen LogP contribution is -2.39. The Hall–Kier alpha value is -1.96. The van der Waals surface area contributed by atoms with E-state index in [1.807, 2.05) is 0 Å². The van der Waals surface area contributed by atoms with E-state index in [4.69, 9.17) is 11.6 Å². The smallest absolute Gasteiger partial charge is 0.251 e. The van der Waals surface area contributed by atoms with Gasteiger partial charge in [0.25, 0.3) is 5.91 Å². The number of rotatable bonds is 6. The number of hydrogen-bond acceptors (Lipinski definition) is 3. The highest BCUT2D eigenvalue weighted by molar-refractivity contribution is 7.89. The highest BCUT2D eigenvalue weighted by atomic mass is 35.5. The summed E-state index contributed by atoms with van der Waals surface area (Å²) in [6.07, 6.45) is 3.89. The molecule has 8 heteroatoms. The highest BCUT2D eigenvalue weighted by Crippen LogP contribution is 2.40. The van der Waals surface area contributed by atoms with Gasteiger partial charge < -0.3 is 5.32 Å². The average Bonchev–Trinajstić information content (AvgIpc) is 3.17. The first-order chi connectivity index (χ1) is 13.7. The molecule has 5 nitrogen and oxygen atoms in total. The number of halogens is 2. The van der Waals surface area contributed by atoms with Crippen LogP contribution in [0.15, 0.2) is 47.4 Å². The van der Waals surface area contributed by atoms with E-state index in [2.05, 4.69) is 5.32 Å². The molecule has 156 valence electrons. The molecule has 1 N–H and O–H groups in total. The van der Waals surface area contributed by atoms with E-state index in [0.29, 0.717) is 6.54 Å². The third kappa shape index (κ3) is 4.47. The van der Waals surface area contributed by atoms with Crippen molar-refractivity contribution < 1.29 is 17.6 Å². The molecule has 0 bridgehead atoms. The predicted molar refractivity (Wildman–Crippen MR) is 111 cm³/mol. The molecular formula is C21H24ClFN2O3S. The first kappa shape index (κ1) is 21.7. The normalized spacial score (nSPS) is 16.2. The largest absolute Gasteiger partial charge is 0.351 e. The van der Waals surface area contributed by atoms with Crippen molar-refractivity contribution >= 4 is 27.5 Å². The van der Waals surface area contributed by atoms with Crippen molar-refractivity contribution in [1.82, 2.24) is 9.62 Å². The zero-order chi connectivity index (χ0) is 21.2. The van der Waals surface area contributed by atoms with E-state index in [-0.39, 0.29) is 32.6 Å². The molecule has 1 saturated carbocycles. The maximum Gasteiger partial charge on any atom is 0.251 e. The Morgan fingerprint density at radius 1 is 1.14 bits per heavy atom. The Morgan fingerprint density at radius 3 is 2.34 bits per heavy atom. The number of nitrogens with zero attached hydrogens (tertiary/aromatic N) is 1. The van der Waals surface area contributed by atoms with E-state index in [1.165, 1.54) is 44.4 Å². The number of sulfonamides is 1. The lowest BCUT2D eigenvalue weighted by Gasteiger charge is -2.30. The van der Waals surface area contributed by atoms with Crippen LogP contribution in [0.25, 0.3) is 0 Å². The summed E-state index contributed by atoms with van der Waals surface area (Å²) in [4.78, 5) is 12.7. The molecule has 0 aromatic heterocycles. The summed E-state index contributed by atoms with van der Waals surface area (Å²) >= 11 is 6.06. The Morgan fingerprint density at radius 2 is 1.76 bits per heavy atom. The molecule has 29 heavy (non-hydrogen) atoms. The van der Waals surface area contributed by atoms with Crippen LogP contribution in [0.4, 0.5) is 4.39 Å². The van der Waals surface area contributed by atoms with E-state index in [1.54, 1.807) is 12.1 Å². The second kappa shape index (κ2) is 8.42. The van der Waals surface area contributed by atoms with Gasteiger partial charge in [0.2, 0.25) is 10.0 Å². The van der Waals surface area contributed by atoms with E-state index in [9.17, 15) is 17.6 Å². The van der Waals surface area contributed by atoms with Crippen molar-refractivity contribution in [3.8, 4) is 0 Å². The molecule has 0 unspecified atom stereocenters. The molecular weight excluding hydrogens is 415 g/mol. The van der Waals surface area contributed by atoms with Crippen LogP contribution in [0.2, 0.25) is 5.02 Å². The molecule has 0 aliphatic heterocycles. The van der Waals surface area contributed by atoms with Gasteiger partial charge in [-0.05, 0) is 48.7 Å². The molecule has 0 saturated heterocycles. The minimum absolute atomic E-state index is 0.0637. The number of carbonyl (C=O) groups is 1. The molecule has 3 rings (SSSR count). The summed E-state index contributed by atoms with van der Waals surface area (Å²) < 4.78 is 39.3. The van der Waals surface area contributed by atoms with Gasteiger partial charge in [0.1, 0.15) is 10.7 Å². The summed E-state index contributed by atoms with van der Waals surface area (Å²) in [5.74, 6) is -0.660. The molecule has 0 spiro atoms. The van der Waals surface area contributed by atoms with Crippen molar-refractivity contribution in [2.45, 2.75) is 36.0 Å². The summed E-state index contributed by atoms with van der Waals surface area (Å²) in [6, 6.07) is 10.6. The Bertz CT molecular complexity index is 1000. The first-order valence-corrected chi connectivity index (χ1v) is 11.2. The molecule has 1 aliphatic rings. The monoisotopic (exact) mass is 438 g/mol. The molecule has 0 atom stereocenters. The van der Waals surface area contributed by atoms with Crippen molar-refractivity contribution in [3.63, 3.8) is 0 Å². The fourth-order valence-electron chi connectivity index (χ4n) is 3.81. The van der Waals surface area contributed by atoms with E-state index < -0.39 is 10.0 Å². The van der Waals surface area contributed by atoms with E-state index >= 15 is 0 Å². The first-order valence-electron chi connectivity index (χ1n) is 9.42. The van der Waals surface area contributed by atoms with Gasteiger partial charge >= 0.3 is 0 Å². The maximum atomic E-state index is 13.3. The summed E-state index contributed by atoms with van der Waals surface area (Å²) in [5, 5.41) is 3.00. The lowest BCUT2D eigenvalue weighted by atomic mass is 9.78. The third-order valence-electron chi connectivity index (χ3n) is 5.56. The van der Waals surface area contributed by atoms with Crippen molar-refractivity contribution in [2.75, 3.05) is 20.6 Å². The SMILES string of the molecule is CN(C)S(=O)(=O)c1cc(C(=O)NCC2(c3ccc(F)cc3)CCCC2)ccc1Cl. The predicted octanol–water partition coefficient (Wildman–Crippen LogP) is 3.97. The van der Waals surface area contributed by atoms with Crippen LogP contribution in [0.1, 0.15) is 41.6 Å². The van der Waals surface area contributed by atoms with Crippen molar-refractivity contribution in [3.05, 3.63) is 64.4 Å². The van der Waals surface area contributed by atoms with Crippen molar-refractivity contribution in [1.29, 1.82) is 0 Å². The zero-order valence-corrected chi connectivity index (χ0v) is 18.0. The molecule has 0 heterocycles. The summed E-state index contributed by atoms with van der Waals surface area (Å²) in [5.41, 5.74) is 0.986. The summed E-state index contributed by atoms with van der Waals surface area (Å²) in [7, 11) is -0.952. The van der Waals surface area contributed by atoms with Gasteiger partial charge in [-0.3, -0.25) is 4.79 Å². The minimum atomic E-state index is -3.77. The second-order valence-corrected chi connectivity index (χ2v) is 10.1. The van der Waals surface area contributed by atoms with Gasteiger partial charge in [-0.25, -0.2) is 17.1 Å². The fourth-order valence-corrected chi connectivity index (χ4v) is 5.21. The second-order valence-electron chi connectivity index (χ2n) is 7.61. The number of hydrogen-bond donors (Lipinski definition) is 1. The molecule has 0 radical (unpaired) electrons. The molecule has 1 amide bonds. The van der Waals surface area contributed by atoms with Crippen LogP contribution in [-0.2, 0) is 15.4 Å². The van der Waals surface area contributed by atoms with Gasteiger partial charge in [-0.15, -0.1) is 0 Å². The van der Waals surface area contributed by atoms with E-state index in [0.717, 1.165) is 35.6 Å². The molecule has 2 aromatic carbocycles. The van der Waals surface area contributed by atoms with Crippen LogP contribution < -0.4 is 5.32 Å². The van der Waals surface area contributed by atoms with Crippen LogP contribution in [0.5, 0.6) is 0 Å². The average molecular weight is 439 g/mol.